The monoisotopic (exact) mass is 309 g/mol. The number of nitrogens with one attached hydrogen (secondary N) is 1. The van der Waals surface area contributed by atoms with Crippen LogP contribution in [0.25, 0.3) is 0 Å². The molecule has 2 rings (SSSR count). The second-order valence-electron chi connectivity index (χ2n) is 4.71. The smallest absolute Gasteiger partial charge is 0.240 e. The topological polar surface area (TPSA) is 84.2 Å². The van der Waals surface area contributed by atoms with Crippen LogP contribution in [0, 0.1) is 0 Å². The summed E-state index contributed by atoms with van der Waals surface area (Å²) >= 11 is 0. The zero-order chi connectivity index (χ0) is 15.3. The number of rotatable bonds is 7. The van der Waals surface area contributed by atoms with E-state index in [2.05, 4.69) is 9.82 Å². The molecular weight excluding hydrogens is 290 g/mol. The highest BCUT2D eigenvalue weighted by Gasteiger charge is 2.13. The molecule has 1 heterocycles. The third kappa shape index (κ3) is 4.13. The van der Waals surface area contributed by atoms with Gasteiger partial charge in [0.2, 0.25) is 10.0 Å². The third-order valence-electron chi connectivity index (χ3n) is 3.23. The van der Waals surface area contributed by atoms with E-state index in [1.807, 2.05) is 13.1 Å². The molecule has 114 valence electrons. The molecule has 1 aromatic carbocycles. The van der Waals surface area contributed by atoms with Gasteiger partial charge in [0.25, 0.3) is 0 Å². The van der Waals surface area contributed by atoms with Crippen molar-refractivity contribution in [1.82, 2.24) is 14.5 Å². The van der Waals surface area contributed by atoms with Gasteiger partial charge in [0.15, 0.2) is 0 Å². The first-order valence-electron chi connectivity index (χ1n) is 6.69. The van der Waals surface area contributed by atoms with Crippen molar-refractivity contribution >= 4 is 10.0 Å². The third-order valence-corrected chi connectivity index (χ3v) is 4.71. The lowest BCUT2D eigenvalue weighted by atomic mass is 10.2. The summed E-state index contributed by atoms with van der Waals surface area (Å²) in [5.74, 6) is 0. The molecule has 2 N–H and O–H groups in total. The summed E-state index contributed by atoms with van der Waals surface area (Å²) < 4.78 is 28.6. The van der Waals surface area contributed by atoms with E-state index in [1.165, 1.54) is 0 Å². The number of hydrogen-bond acceptors (Lipinski definition) is 4. The maximum absolute atomic E-state index is 12.1. The Morgan fingerprint density at radius 3 is 2.48 bits per heavy atom. The van der Waals surface area contributed by atoms with Gasteiger partial charge in [-0.3, -0.25) is 4.68 Å². The first-order chi connectivity index (χ1) is 10.0. The minimum atomic E-state index is -3.50. The lowest BCUT2D eigenvalue weighted by molar-refractivity contribution is 0.299. The Morgan fingerprint density at radius 2 is 1.90 bits per heavy atom. The average molecular weight is 309 g/mol. The Morgan fingerprint density at radius 1 is 1.19 bits per heavy atom. The van der Waals surface area contributed by atoms with Crippen LogP contribution in [0.1, 0.15) is 11.3 Å². The molecule has 0 aliphatic heterocycles. The second kappa shape index (κ2) is 6.84. The van der Waals surface area contributed by atoms with Gasteiger partial charge in [-0.2, -0.15) is 5.10 Å². The Labute approximate surface area is 124 Å². The maximum atomic E-state index is 12.1. The van der Waals surface area contributed by atoms with Gasteiger partial charge in [-0.15, -0.1) is 0 Å². The number of hydrogen-bond donors (Lipinski definition) is 2. The SMILES string of the molecule is Cn1nccc1CCNS(=O)(=O)c1ccc(CCO)cc1. The van der Waals surface area contributed by atoms with Crippen LogP contribution in [0.5, 0.6) is 0 Å². The van der Waals surface area contributed by atoms with Crippen LogP contribution in [0.4, 0.5) is 0 Å². The molecule has 0 saturated carbocycles. The Kier molecular flexibility index (Phi) is 5.11. The molecule has 0 bridgehead atoms. The molecule has 0 fully saturated rings. The van der Waals surface area contributed by atoms with Crippen LogP contribution in [-0.2, 0) is 29.9 Å². The fraction of sp³-hybridized carbons (Fsp3) is 0.357. The summed E-state index contributed by atoms with van der Waals surface area (Å²) in [6.45, 7) is 0.370. The normalized spacial score (nSPS) is 11.7. The van der Waals surface area contributed by atoms with Crippen molar-refractivity contribution < 1.29 is 13.5 Å². The van der Waals surface area contributed by atoms with E-state index in [-0.39, 0.29) is 11.5 Å². The highest BCUT2D eigenvalue weighted by atomic mass is 32.2. The molecule has 1 aromatic heterocycles. The van der Waals surface area contributed by atoms with Crippen molar-refractivity contribution in [1.29, 1.82) is 0 Å². The van der Waals surface area contributed by atoms with Crippen LogP contribution in [-0.4, -0.2) is 36.5 Å². The number of aryl methyl sites for hydroxylation is 1. The number of sulfonamides is 1. The Bertz CT molecular complexity index is 678. The van der Waals surface area contributed by atoms with Crippen molar-refractivity contribution in [3.63, 3.8) is 0 Å². The molecule has 0 radical (unpaired) electrons. The summed E-state index contributed by atoms with van der Waals surface area (Å²) in [5.41, 5.74) is 1.88. The zero-order valence-corrected chi connectivity index (χ0v) is 12.7. The van der Waals surface area contributed by atoms with E-state index in [1.54, 1.807) is 35.1 Å². The highest BCUT2D eigenvalue weighted by Crippen LogP contribution is 2.11. The molecule has 0 unspecified atom stereocenters. The number of nitrogens with zero attached hydrogens (tertiary/aromatic N) is 2. The standard InChI is InChI=1S/C14H19N3O3S/c1-17-13(6-9-15-17)7-10-16-21(19,20)14-4-2-12(3-5-14)8-11-18/h2-6,9,16,18H,7-8,10-11H2,1H3. The molecule has 0 aliphatic carbocycles. The van der Waals surface area contributed by atoms with Gasteiger partial charge in [-0.25, -0.2) is 13.1 Å². The molecule has 0 aliphatic rings. The van der Waals surface area contributed by atoms with Crippen LogP contribution in [0.15, 0.2) is 41.4 Å². The quantitative estimate of drug-likeness (QED) is 0.779. The molecule has 0 spiro atoms. The number of aliphatic hydroxyl groups is 1. The molecular formula is C14H19N3O3S. The predicted octanol–water partition coefficient (Wildman–Crippen LogP) is 0.476. The van der Waals surface area contributed by atoms with E-state index >= 15 is 0 Å². The first-order valence-corrected chi connectivity index (χ1v) is 8.17. The average Bonchev–Trinajstić information content (AvgIpc) is 2.85. The first kappa shape index (κ1) is 15.7. The van der Waals surface area contributed by atoms with E-state index in [0.29, 0.717) is 19.4 Å². The van der Waals surface area contributed by atoms with Crippen molar-refractivity contribution in [2.24, 2.45) is 7.05 Å². The van der Waals surface area contributed by atoms with Crippen LogP contribution in [0.2, 0.25) is 0 Å². The van der Waals surface area contributed by atoms with E-state index in [0.717, 1.165) is 11.3 Å². The van der Waals surface area contributed by atoms with Crippen LogP contribution in [0.3, 0.4) is 0 Å². The molecule has 2 aromatic rings. The summed E-state index contributed by atoms with van der Waals surface area (Å²) in [4.78, 5) is 0.231. The van der Waals surface area contributed by atoms with Crippen molar-refractivity contribution in [2.45, 2.75) is 17.7 Å². The molecule has 0 atom stereocenters. The zero-order valence-electron chi connectivity index (χ0n) is 11.9. The van der Waals surface area contributed by atoms with Gasteiger partial charge < -0.3 is 5.11 Å². The van der Waals surface area contributed by atoms with E-state index in [4.69, 9.17) is 5.11 Å². The lowest BCUT2D eigenvalue weighted by Crippen LogP contribution is -2.26. The maximum Gasteiger partial charge on any atom is 0.240 e. The van der Waals surface area contributed by atoms with Gasteiger partial charge >= 0.3 is 0 Å². The van der Waals surface area contributed by atoms with Gasteiger partial charge in [-0.1, -0.05) is 12.1 Å². The molecule has 7 heteroatoms. The van der Waals surface area contributed by atoms with Gasteiger partial charge in [-0.05, 0) is 30.2 Å². The van der Waals surface area contributed by atoms with Crippen molar-refractivity contribution in [3.05, 3.63) is 47.8 Å². The Hall–Kier alpha value is -1.70. The van der Waals surface area contributed by atoms with Gasteiger partial charge in [0.05, 0.1) is 4.90 Å². The minimum Gasteiger partial charge on any atom is -0.396 e. The number of benzene rings is 1. The second-order valence-corrected chi connectivity index (χ2v) is 6.48. The summed E-state index contributed by atoms with van der Waals surface area (Å²) in [5, 5.41) is 12.9. The van der Waals surface area contributed by atoms with E-state index < -0.39 is 10.0 Å². The van der Waals surface area contributed by atoms with Crippen molar-refractivity contribution in [3.8, 4) is 0 Å². The lowest BCUT2D eigenvalue weighted by Gasteiger charge is -2.08. The molecule has 21 heavy (non-hydrogen) atoms. The fourth-order valence-corrected chi connectivity index (χ4v) is 3.04. The molecule has 0 saturated heterocycles. The van der Waals surface area contributed by atoms with E-state index in [9.17, 15) is 8.42 Å². The van der Waals surface area contributed by atoms with Crippen LogP contribution >= 0.6 is 0 Å². The summed E-state index contributed by atoms with van der Waals surface area (Å²) in [7, 11) is -1.68. The summed E-state index contributed by atoms with van der Waals surface area (Å²) in [6, 6.07) is 8.39. The minimum absolute atomic E-state index is 0.0506. The molecule has 6 nitrogen and oxygen atoms in total. The highest BCUT2D eigenvalue weighted by molar-refractivity contribution is 7.89. The Balaban J connectivity index is 1.96. The van der Waals surface area contributed by atoms with Crippen LogP contribution < -0.4 is 4.72 Å². The van der Waals surface area contributed by atoms with Gasteiger partial charge in [0, 0.05) is 38.5 Å². The number of aliphatic hydroxyl groups excluding tert-OH is 1. The molecule has 0 amide bonds. The number of aromatic nitrogens is 2. The van der Waals surface area contributed by atoms with Gasteiger partial charge in [0.1, 0.15) is 0 Å². The predicted molar refractivity (Wildman–Crippen MR) is 79.3 cm³/mol. The van der Waals surface area contributed by atoms with Crippen molar-refractivity contribution in [2.75, 3.05) is 13.2 Å². The summed E-state index contributed by atoms with van der Waals surface area (Å²) in [6.07, 6.45) is 2.79. The largest absolute Gasteiger partial charge is 0.396 e. The fourth-order valence-electron chi connectivity index (χ4n) is 2.01.